The average molecular weight is 442 g/mol. The number of thiazole rings is 1. The number of halogens is 2. The van der Waals surface area contributed by atoms with E-state index in [1.807, 2.05) is 17.0 Å². The molecule has 0 radical (unpaired) electrons. The standard InChI is InChI=1S/C21H27N3OS.2ClH/c1-21(2)13-24(12-11-18(21)22)20(25)15-8-4-3-7-14(15)19-23-16-9-5-6-10-17(16)26-19;;/h3-6,9-10,14-15,18H,7-8,11-13,22H2,1-2H3;2*1H. The summed E-state index contributed by atoms with van der Waals surface area (Å²) in [6.45, 7) is 5.86. The number of nitrogens with zero attached hydrogens (tertiary/aromatic N) is 2. The number of hydrogen-bond acceptors (Lipinski definition) is 4. The van der Waals surface area contributed by atoms with Crippen LogP contribution in [0.25, 0.3) is 10.2 Å². The number of rotatable bonds is 2. The molecule has 1 fully saturated rings. The Hall–Kier alpha value is -1.14. The molecule has 1 amide bonds. The van der Waals surface area contributed by atoms with Gasteiger partial charge < -0.3 is 10.6 Å². The van der Waals surface area contributed by atoms with Gasteiger partial charge in [0.2, 0.25) is 5.91 Å². The Labute approximate surface area is 183 Å². The quantitative estimate of drug-likeness (QED) is 0.682. The van der Waals surface area contributed by atoms with Crippen LogP contribution < -0.4 is 5.73 Å². The molecule has 1 aliphatic heterocycles. The number of carbonyl (C=O) groups is 1. The number of hydrogen-bond donors (Lipinski definition) is 1. The first-order chi connectivity index (χ1) is 12.5. The van der Waals surface area contributed by atoms with Crippen LogP contribution in [0.3, 0.4) is 0 Å². The molecule has 0 bridgehead atoms. The monoisotopic (exact) mass is 441 g/mol. The smallest absolute Gasteiger partial charge is 0.226 e. The summed E-state index contributed by atoms with van der Waals surface area (Å²) in [5.41, 5.74) is 7.27. The average Bonchev–Trinajstić information content (AvgIpc) is 3.07. The largest absolute Gasteiger partial charge is 0.342 e. The topological polar surface area (TPSA) is 59.2 Å². The highest BCUT2D eigenvalue weighted by molar-refractivity contribution is 7.18. The molecule has 1 saturated heterocycles. The Morgan fingerprint density at radius 1 is 1.21 bits per heavy atom. The van der Waals surface area contributed by atoms with E-state index in [9.17, 15) is 4.79 Å². The van der Waals surface area contributed by atoms with Gasteiger partial charge in [-0.05, 0) is 36.8 Å². The summed E-state index contributed by atoms with van der Waals surface area (Å²) in [5, 5.41) is 1.10. The molecule has 0 spiro atoms. The van der Waals surface area contributed by atoms with E-state index in [1.54, 1.807) is 11.3 Å². The maximum Gasteiger partial charge on any atom is 0.226 e. The van der Waals surface area contributed by atoms with Crippen LogP contribution in [-0.4, -0.2) is 34.9 Å². The van der Waals surface area contributed by atoms with Crippen molar-refractivity contribution < 1.29 is 4.79 Å². The second-order valence-corrected chi connectivity index (χ2v) is 9.38. The highest BCUT2D eigenvalue weighted by Gasteiger charge is 2.40. The fourth-order valence-electron chi connectivity index (χ4n) is 4.21. The van der Waals surface area contributed by atoms with Gasteiger partial charge in [-0.1, -0.05) is 38.1 Å². The third-order valence-electron chi connectivity index (χ3n) is 6.00. The predicted molar refractivity (Wildman–Crippen MR) is 122 cm³/mol. The number of benzene rings is 1. The van der Waals surface area contributed by atoms with Crippen molar-refractivity contribution in [1.29, 1.82) is 0 Å². The first-order valence-electron chi connectivity index (χ1n) is 9.50. The van der Waals surface area contributed by atoms with Gasteiger partial charge in [0.1, 0.15) is 0 Å². The van der Waals surface area contributed by atoms with E-state index in [-0.39, 0.29) is 54.0 Å². The summed E-state index contributed by atoms with van der Waals surface area (Å²) < 4.78 is 1.20. The highest BCUT2D eigenvalue weighted by atomic mass is 35.5. The number of para-hydroxylation sites is 1. The maximum atomic E-state index is 13.4. The van der Waals surface area contributed by atoms with Gasteiger partial charge in [-0.15, -0.1) is 36.2 Å². The molecule has 7 heteroatoms. The summed E-state index contributed by atoms with van der Waals surface area (Å²) in [7, 11) is 0. The molecule has 3 atom stereocenters. The highest BCUT2D eigenvalue weighted by Crippen LogP contribution is 2.40. The van der Waals surface area contributed by atoms with Crippen LogP contribution in [0.1, 0.15) is 44.0 Å². The third kappa shape index (κ3) is 4.38. The maximum absolute atomic E-state index is 13.4. The molecule has 4 rings (SSSR count). The molecule has 2 heterocycles. The third-order valence-corrected chi connectivity index (χ3v) is 7.17. The van der Waals surface area contributed by atoms with Gasteiger partial charge in [-0.25, -0.2) is 4.98 Å². The molecule has 2 aromatic rings. The Morgan fingerprint density at radius 2 is 1.93 bits per heavy atom. The number of allylic oxidation sites excluding steroid dienone is 2. The predicted octanol–water partition coefficient (Wildman–Crippen LogP) is 4.78. The molecule has 2 N–H and O–H groups in total. The Morgan fingerprint density at radius 3 is 2.64 bits per heavy atom. The van der Waals surface area contributed by atoms with E-state index in [1.165, 1.54) is 4.70 Å². The normalized spacial score (nSPS) is 26.4. The summed E-state index contributed by atoms with van der Waals surface area (Å²) in [6, 6.07) is 8.40. The number of carbonyl (C=O) groups excluding carboxylic acids is 1. The molecular weight excluding hydrogens is 413 g/mol. The van der Waals surface area contributed by atoms with E-state index in [2.05, 4.69) is 38.1 Å². The summed E-state index contributed by atoms with van der Waals surface area (Å²) in [4.78, 5) is 20.3. The van der Waals surface area contributed by atoms with Crippen molar-refractivity contribution in [3.8, 4) is 0 Å². The molecule has 1 aromatic carbocycles. The van der Waals surface area contributed by atoms with Crippen LogP contribution in [0.2, 0.25) is 0 Å². The van der Waals surface area contributed by atoms with Crippen LogP contribution in [0.15, 0.2) is 36.4 Å². The van der Waals surface area contributed by atoms with Crippen molar-refractivity contribution in [1.82, 2.24) is 9.88 Å². The van der Waals surface area contributed by atoms with Crippen LogP contribution in [-0.2, 0) is 4.79 Å². The van der Waals surface area contributed by atoms with E-state index in [4.69, 9.17) is 10.7 Å². The number of piperidine rings is 1. The molecule has 1 aromatic heterocycles. The van der Waals surface area contributed by atoms with Gasteiger partial charge in [0.25, 0.3) is 0 Å². The molecule has 28 heavy (non-hydrogen) atoms. The summed E-state index contributed by atoms with van der Waals surface area (Å²) in [5.74, 6) is 0.452. The number of nitrogens with two attached hydrogens (primary N) is 1. The molecule has 4 nitrogen and oxygen atoms in total. The zero-order valence-corrected chi connectivity index (χ0v) is 18.8. The lowest BCUT2D eigenvalue weighted by atomic mass is 9.77. The molecule has 2 aliphatic rings. The van der Waals surface area contributed by atoms with Crippen molar-refractivity contribution in [2.45, 2.75) is 45.1 Å². The SMILES string of the molecule is CC1(C)CN(C(=O)C2CC=CCC2c2nc3ccccc3s2)CCC1N.Cl.Cl. The first-order valence-corrected chi connectivity index (χ1v) is 10.3. The summed E-state index contributed by atoms with van der Waals surface area (Å²) in [6.07, 6.45) is 6.95. The molecule has 3 unspecified atom stereocenters. The van der Waals surface area contributed by atoms with E-state index >= 15 is 0 Å². The first kappa shape index (κ1) is 23.1. The number of aromatic nitrogens is 1. The summed E-state index contributed by atoms with van der Waals surface area (Å²) >= 11 is 1.74. The number of fused-ring (bicyclic) bond motifs is 1. The number of likely N-dealkylation sites (tertiary alicyclic amines) is 1. The molecule has 154 valence electrons. The van der Waals surface area contributed by atoms with Crippen molar-refractivity contribution in [3.63, 3.8) is 0 Å². The minimum Gasteiger partial charge on any atom is -0.342 e. The van der Waals surface area contributed by atoms with E-state index in [0.717, 1.165) is 42.9 Å². The lowest BCUT2D eigenvalue weighted by Crippen LogP contribution is -2.55. The number of amides is 1. The van der Waals surface area contributed by atoms with Crippen LogP contribution in [0.4, 0.5) is 0 Å². The minimum absolute atomic E-state index is 0. The van der Waals surface area contributed by atoms with Gasteiger partial charge in [-0.3, -0.25) is 4.79 Å². The zero-order chi connectivity index (χ0) is 18.3. The Bertz CT molecular complexity index is 818. The van der Waals surface area contributed by atoms with Gasteiger partial charge in [0, 0.05) is 25.0 Å². The van der Waals surface area contributed by atoms with Gasteiger partial charge in [-0.2, -0.15) is 0 Å². The molecular formula is C21H29Cl2N3OS. The Balaban J connectivity index is 0.00000140. The van der Waals surface area contributed by atoms with Crippen molar-refractivity contribution >= 4 is 52.3 Å². The second kappa shape index (κ2) is 9.12. The fourth-order valence-corrected chi connectivity index (χ4v) is 5.35. The lowest BCUT2D eigenvalue weighted by Gasteiger charge is -2.44. The van der Waals surface area contributed by atoms with Crippen molar-refractivity contribution in [3.05, 3.63) is 41.4 Å². The van der Waals surface area contributed by atoms with Crippen LogP contribution in [0, 0.1) is 11.3 Å². The zero-order valence-electron chi connectivity index (χ0n) is 16.3. The van der Waals surface area contributed by atoms with Gasteiger partial charge in [0.15, 0.2) is 0 Å². The molecule has 1 aliphatic carbocycles. The van der Waals surface area contributed by atoms with E-state index in [0.29, 0.717) is 0 Å². The minimum atomic E-state index is -0.0240. The lowest BCUT2D eigenvalue weighted by molar-refractivity contribution is -0.139. The van der Waals surface area contributed by atoms with Crippen molar-refractivity contribution in [2.24, 2.45) is 17.1 Å². The molecule has 0 saturated carbocycles. The fraction of sp³-hybridized carbons (Fsp3) is 0.524. The Kier molecular flexibility index (Phi) is 7.54. The van der Waals surface area contributed by atoms with Gasteiger partial charge in [0.05, 0.1) is 21.1 Å². The van der Waals surface area contributed by atoms with Crippen LogP contribution >= 0.6 is 36.2 Å². The van der Waals surface area contributed by atoms with Gasteiger partial charge >= 0.3 is 0 Å². The van der Waals surface area contributed by atoms with Crippen LogP contribution in [0.5, 0.6) is 0 Å². The van der Waals surface area contributed by atoms with Crippen molar-refractivity contribution in [2.75, 3.05) is 13.1 Å². The van der Waals surface area contributed by atoms with E-state index < -0.39 is 0 Å². The second-order valence-electron chi connectivity index (χ2n) is 8.32.